The zero-order valence-corrected chi connectivity index (χ0v) is 17.2. The molecule has 1 aliphatic rings. The maximum absolute atomic E-state index is 13.4. The van der Waals surface area contributed by atoms with Crippen LogP contribution in [0.4, 0.5) is 0 Å². The predicted molar refractivity (Wildman–Crippen MR) is 122 cm³/mol. The number of hydrogen-bond acceptors (Lipinski definition) is 3. The average molecular weight is 410 g/mol. The van der Waals surface area contributed by atoms with Gasteiger partial charge < -0.3 is 14.6 Å². The summed E-state index contributed by atoms with van der Waals surface area (Å²) in [5, 5.41) is 3.15. The van der Waals surface area contributed by atoms with Crippen LogP contribution in [0.1, 0.15) is 28.5 Å². The molecule has 5 nitrogen and oxygen atoms in total. The van der Waals surface area contributed by atoms with E-state index in [1.807, 2.05) is 66.7 Å². The van der Waals surface area contributed by atoms with Crippen molar-refractivity contribution in [2.75, 3.05) is 13.2 Å². The van der Waals surface area contributed by atoms with E-state index in [0.29, 0.717) is 24.1 Å². The number of H-pyrrole nitrogens is 1. The van der Waals surface area contributed by atoms with Gasteiger partial charge in [0.15, 0.2) is 0 Å². The molecule has 1 aliphatic heterocycles. The number of aromatic nitrogens is 1. The predicted octanol–water partition coefficient (Wildman–Crippen LogP) is 4.92. The lowest BCUT2D eigenvalue weighted by Gasteiger charge is -2.18. The molecule has 0 unspecified atom stereocenters. The Morgan fingerprint density at radius 3 is 2.61 bits per heavy atom. The van der Waals surface area contributed by atoms with Gasteiger partial charge in [-0.2, -0.15) is 0 Å². The van der Waals surface area contributed by atoms with Crippen molar-refractivity contribution >= 4 is 39.1 Å². The number of hydrogen-bond donors (Lipinski definition) is 1. The molecule has 2 heterocycles. The molecule has 0 atom stereocenters. The fourth-order valence-corrected chi connectivity index (χ4v) is 4.22. The maximum atomic E-state index is 13.4. The molecule has 0 bridgehead atoms. The van der Waals surface area contributed by atoms with Gasteiger partial charge in [-0.05, 0) is 47.9 Å². The highest BCUT2D eigenvalue weighted by Crippen LogP contribution is 2.32. The molecule has 1 aromatic heterocycles. The third-order valence-corrected chi connectivity index (χ3v) is 5.72. The topological polar surface area (TPSA) is 62.4 Å². The molecule has 0 saturated carbocycles. The van der Waals surface area contributed by atoms with E-state index in [4.69, 9.17) is 4.74 Å². The highest BCUT2D eigenvalue weighted by Gasteiger charge is 2.27. The van der Waals surface area contributed by atoms with Crippen LogP contribution in [0.5, 0.6) is 0 Å². The Hall–Kier alpha value is -3.86. The van der Waals surface area contributed by atoms with E-state index in [1.165, 1.54) is 0 Å². The second-order valence-corrected chi connectivity index (χ2v) is 7.60. The Morgan fingerprint density at radius 1 is 1.00 bits per heavy atom. The molecule has 5 heteroatoms. The molecule has 31 heavy (non-hydrogen) atoms. The van der Waals surface area contributed by atoms with Gasteiger partial charge in [-0.1, -0.05) is 48.5 Å². The molecule has 0 fully saturated rings. The van der Waals surface area contributed by atoms with Gasteiger partial charge in [0.05, 0.1) is 17.9 Å². The van der Waals surface area contributed by atoms with E-state index in [-0.39, 0.29) is 12.5 Å². The smallest absolute Gasteiger partial charge is 0.341 e. The van der Waals surface area contributed by atoms with Crippen molar-refractivity contribution in [2.24, 2.45) is 0 Å². The second kappa shape index (κ2) is 7.76. The van der Waals surface area contributed by atoms with Crippen LogP contribution in [0.2, 0.25) is 0 Å². The molecule has 1 amide bonds. The van der Waals surface area contributed by atoms with E-state index < -0.39 is 5.97 Å². The summed E-state index contributed by atoms with van der Waals surface area (Å²) in [4.78, 5) is 31.2. The number of ether oxygens (including phenoxy) is 1. The van der Waals surface area contributed by atoms with E-state index in [0.717, 1.165) is 32.9 Å². The fraction of sp³-hybridized carbons (Fsp3) is 0.154. The Morgan fingerprint density at radius 2 is 1.77 bits per heavy atom. The molecule has 4 aromatic rings. The van der Waals surface area contributed by atoms with Gasteiger partial charge in [-0.3, -0.25) is 4.79 Å². The van der Waals surface area contributed by atoms with Gasteiger partial charge in [0.1, 0.15) is 0 Å². The molecule has 0 spiro atoms. The van der Waals surface area contributed by atoms with Crippen molar-refractivity contribution in [1.82, 2.24) is 9.88 Å². The third-order valence-electron chi connectivity index (χ3n) is 5.72. The Kier molecular flexibility index (Phi) is 4.79. The molecular formula is C26H22N2O3. The van der Waals surface area contributed by atoms with Crippen molar-refractivity contribution in [3.05, 3.63) is 89.8 Å². The summed E-state index contributed by atoms with van der Waals surface area (Å²) >= 11 is 0. The molecule has 5 rings (SSSR count). The number of amides is 1. The van der Waals surface area contributed by atoms with E-state index >= 15 is 0 Å². The minimum Gasteiger partial charge on any atom is -0.462 e. The number of rotatable bonds is 3. The lowest BCUT2D eigenvalue weighted by molar-refractivity contribution is -0.136. The summed E-state index contributed by atoms with van der Waals surface area (Å²) in [5.74, 6) is -0.574. The van der Waals surface area contributed by atoms with Gasteiger partial charge in [-0.25, -0.2) is 4.79 Å². The van der Waals surface area contributed by atoms with Crippen LogP contribution in [0.15, 0.2) is 72.9 Å². The molecule has 0 saturated heterocycles. The van der Waals surface area contributed by atoms with Crippen LogP contribution < -0.4 is 0 Å². The Labute approximate surface area is 179 Å². The lowest BCUT2D eigenvalue weighted by atomic mass is 10.0. The fourth-order valence-electron chi connectivity index (χ4n) is 4.22. The molecule has 0 radical (unpaired) electrons. The number of carbonyl (C=O) groups is 2. The average Bonchev–Trinajstić information content (AvgIpc) is 3.06. The summed E-state index contributed by atoms with van der Waals surface area (Å²) < 4.78 is 5.32. The molecule has 0 aliphatic carbocycles. The normalized spacial score (nSPS) is 13.6. The second-order valence-electron chi connectivity index (χ2n) is 7.60. The van der Waals surface area contributed by atoms with Crippen LogP contribution in [-0.4, -0.2) is 34.9 Å². The zero-order chi connectivity index (χ0) is 21.4. The molecular weight excluding hydrogens is 388 g/mol. The zero-order valence-electron chi connectivity index (χ0n) is 17.2. The van der Waals surface area contributed by atoms with Gasteiger partial charge in [0, 0.05) is 29.2 Å². The monoisotopic (exact) mass is 410 g/mol. The van der Waals surface area contributed by atoms with Gasteiger partial charge in [0.25, 0.3) is 5.91 Å². The quantitative estimate of drug-likeness (QED) is 0.488. The SMILES string of the molecule is CCOC(=O)C1=CN(C(=O)c2ccc3ccccc3c2)CCc2c1[nH]c1ccccc21. The number of aromatic amines is 1. The standard InChI is InChI=1S/C26H22N2O3/c1-2-31-26(30)22-16-28(14-13-21-20-9-5-6-10-23(20)27-24(21)22)25(29)19-12-11-17-7-3-4-8-18(17)15-19/h3-12,15-16,27H,2,13-14H2,1H3. The van der Waals surface area contributed by atoms with Crippen molar-refractivity contribution < 1.29 is 14.3 Å². The number of nitrogens with one attached hydrogen (secondary N) is 1. The first kappa shape index (κ1) is 19.1. The summed E-state index contributed by atoms with van der Waals surface area (Å²) in [6, 6.07) is 21.6. The number of nitrogens with zero attached hydrogens (tertiary/aromatic N) is 1. The largest absolute Gasteiger partial charge is 0.462 e. The van der Waals surface area contributed by atoms with Crippen LogP contribution in [0.25, 0.3) is 27.2 Å². The maximum Gasteiger partial charge on any atom is 0.341 e. The van der Waals surface area contributed by atoms with Gasteiger partial charge in [0.2, 0.25) is 0 Å². The van der Waals surface area contributed by atoms with E-state index in [9.17, 15) is 9.59 Å². The van der Waals surface area contributed by atoms with Crippen LogP contribution >= 0.6 is 0 Å². The lowest BCUT2D eigenvalue weighted by Crippen LogP contribution is -2.28. The summed E-state index contributed by atoms with van der Waals surface area (Å²) in [7, 11) is 0. The third kappa shape index (κ3) is 3.38. The van der Waals surface area contributed by atoms with Gasteiger partial charge >= 0.3 is 5.97 Å². The summed E-state index contributed by atoms with van der Waals surface area (Å²) in [6.45, 7) is 2.52. The highest BCUT2D eigenvalue weighted by molar-refractivity contribution is 6.18. The van der Waals surface area contributed by atoms with Crippen LogP contribution in [0, 0.1) is 0 Å². The van der Waals surface area contributed by atoms with E-state index in [2.05, 4.69) is 4.98 Å². The minimum atomic E-state index is -0.437. The number of esters is 1. The summed E-state index contributed by atoms with van der Waals surface area (Å²) in [5.41, 5.74) is 3.70. The van der Waals surface area contributed by atoms with Crippen LogP contribution in [0.3, 0.4) is 0 Å². The first-order valence-corrected chi connectivity index (χ1v) is 10.4. The molecule has 154 valence electrons. The first-order chi connectivity index (χ1) is 15.2. The minimum absolute atomic E-state index is 0.137. The van der Waals surface area contributed by atoms with Crippen LogP contribution in [-0.2, 0) is 16.0 Å². The van der Waals surface area contributed by atoms with E-state index in [1.54, 1.807) is 18.0 Å². The van der Waals surface area contributed by atoms with Crippen molar-refractivity contribution in [3.63, 3.8) is 0 Å². The number of para-hydroxylation sites is 1. The van der Waals surface area contributed by atoms with Crippen molar-refractivity contribution in [3.8, 4) is 0 Å². The van der Waals surface area contributed by atoms with Crippen molar-refractivity contribution in [2.45, 2.75) is 13.3 Å². The molecule has 1 N–H and O–H groups in total. The molecule has 3 aromatic carbocycles. The number of carbonyl (C=O) groups excluding carboxylic acids is 2. The first-order valence-electron chi connectivity index (χ1n) is 10.4. The summed E-state index contributed by atoms with van der Waals surface area (Å²) in [6.07, 6.45) is 2.27. The van der Waals surface area contributed by atoms with Gasteiger partial charge in [-0.15, -0.1) is 0 Å². The number of benzene rings is 3. The van der Waals surface area contributed by atoms with Crippen molar-refractivity contribution in [1.29, 1.82) is 0 Å². The Balaban J connectivity index is 1.58. The Bertz CT molecular complexity index is 1350. The highest BCUT2D eigenvalue weighted by atomic mass is 16.5. The number of fused-ring (bicyclic) bond motifs is 4.